The van der Waals surface area contributed by atoms with Gasteiger partial charge in [0.15, 0.2) is 0 Å². The van der Waals surface area contributed by atoms with E-state index in [0.29, 0.717) is 37.9 Å². The van der Waals surface area contributed by atoms with Gasteiger partial charge in [0.1, 0.15) is 0 Å². The molecule has 0 atom stereocenters. The second-order valence-corrected chi connectivity index (χ2v) is 8.05. The molecule has 6 nitrogen and oxygen atoms in total. The predicted molar refractivity (Wildman–Crippen MR) is 113 cm³/mol. The molecule has 6 heteroatoms. The molecule has 0 spiro atoms. The van der Waals surface area contributed by atoms with Crippen molar-refractivity contribution in [2.24, 2.45) is 0 Å². The van der Waals surface area contributed by atoms with E-state index in [1.807, 2.05) is 53.4 Å². The first-order valence-corrected chi connectivity index (χ1v) is 10.4. The molecule has 0 unspecified atom stereocenters. The summed E-state index contributed by atoms with van der Waals surface area (Å²) in [7, 11) is 0. The summed E-state index contributed by atoms with van der Waals surface area (Å²) in [4.78, 5) is 27.9. The lowest BCUT2D eigenvalue weighted by atomic mass is 9.99. The molecule has 2 fully saturated rings. The molecule has 0 aromatic heterocycles. The molecule has 1 aliphatic heterocycles. The zero-order valence-electron chi connectivity index (χ0n) is 16.8. The van der Waals surface area contributed by atoms with Crippen molar-refractivity contribution in [2.75, 3.05) is 13.1 Å². The first-order chi connectivity index (χ1) is 14.6. The molecule has 4 rings (SSSR count). The van der Waals surface area contributed by atoms with Crippen LogP contribution in [-0.4, -0.2) is 52.1 Å². The Morgan fingerprint density at radius 1 is 0.933 bits per heavy atom. The van der Waals surface area contributed by atoms with Crippen molar-refractivity contribution in [2.45, 2.75) is 44.2 Å². The van der Waals surface area contributed by atoms with Gasteiger partial charge in [0.25, 0.3) is 5.91 Å². The lowest BCUT2D eigenvalue weighted by Gasteiger charge is -2.38. The monoisotopic (exact) mass is 403 g/mol. The third kappa shape index (κ3) is 4.30. The Morgan fingerprint density at radius 3 is 1.97 bits per heavy atom. The highest BCUT2D eigenvalue weighted by atomic mass is 16.4. The number of carbonyl (C=O) groups excluding carboxylic acids is 1. The van der Waals surface area contributed by atoms with E-state index in [0.717, 1.165) is 29.5 Å². The summed E-state index contributed by atoms with van der Waals surface area (Å²) in [5.41, 5.74) is 3.74. The van der Waals surface area contributed by atoms with E-state index in [-0.39, 0.29) is 18.0 Å². The van der Waals surface area contributed by atoms with Crippen LogP contribution in [0, 0.1) is 11.3 Å². The Bertz CT molecular complexity index is 951. The first kappa shape index (κ1) is 20.0. The first-order valence-electron chi connectivity index (χ1n) is 10.4. The number of amides is 2. The molecule has 1 saturated heterocycles. The number of benzene rings is 2. The van der Waals surface area contributed by atoms with E-state index >= 15 is 0 Å². The number of hydrogen-bond acceptors (Lipinski definition) is 3. The van der Waals surface area contributed by atoms with E-state index in [9.17, 15) is 9.59 Å². The smallest absolute Gasteiger partial charge is 0.407 e. The predicted octanol–water partition coefficient (Wildman–Crippen LogP) is 4.17. The number of carboxylic acid groups (broad SMARTS) is 1. The second kappa shape index (κ2) is 8.58. The summed E-state index contributed by atoms with van der Waals surface area (Å²) in [5.74, 6) is 0.0437. The number of nitriles is 1. The van der Waals surface area contributed by atoms with Gasteiger partial charge in [-0.25, -0.2) is 4.79 Å². The SMILES string of the molecule is N#CCc1ccc(-c2ccc(C(=O)N(C3CC3)C3CCN(C(=O)O)CC3)cc2)cc1. The summed E-state index contributed by atoms with van der Waals surface area (Å²) in [6.07, 6.45) is 2.96. The molecule has 1 saturated carbocycles. The molecule has 154 valence electrons. The van der Waals surface area contributed by atoms with Gasteiger partial charge >= 0.3 is 6.09 Å². The van der Waals surface area contributed by atoms with Crippen LogP contribution in [0.5, 0.6) is 0 Å². The molecular formula is C24H25N3O3. The van der Waals surface area contributed by atoms with Gasteiger partial charge in [-0.2, -0.15) is 5.26 Å². The molecule has 2 amide bonds. The van der Waals surface area contributed by atoms with Crippen molar-refractivity contribution in [1.82, 2.24) is 9.80 Å². The highest BCUT2D eigenvalue weighted by Gasteiger charge is 2.39. The van der Waals surface area contributed by atoms with Crippen LogP contribution < -0.4 is 0 Å². The number of nitrogens with zero attached hydrogens (tertiary/aromatic N) is 3. The van der Waals surface area contributed by atoms with Crippen molar-refractivity contribution < 1.29 is 14.7 Å². The normalized spacial score (nSPS) is 16.7. The summed E-state index contributed by atoms with van der Waals surface area (Å²) >= 11 is 0. The average Bonchev–Trinajstić information content (AvgIpc) is 3.60. The van der Waals surface area contributed by atoms with Crippen LogP contribution in [-0.2, 0) is 6.42 Å². The van der Waals surface area contributed by atoms with E-state index in [4.69, 9.17) is 10.4 Å². The third-order valence-electron chi connectivity index (χ3n) is 6.01. The maximum Gasteiger partial charge on any atom is 0.407 e. The van der Waals surface area contributed by atoms with Crippen LogP contribution in [0.3, 0.4) is 0 Å². The molecule has 30 heavy (non-hydrogen) atoms. The summed E-state index contributed by atoms with van der Waals surface area (Å²) < 4.78 is 0. The average molecular weight is 403 g/mol. The number of hydrogen-bond donors (Lipinski definition) is 1. The molecule has 0 radical (unpaired) electrons. The van der Waals surface area contributed by atoms with Crippen molar-refractivity contribution >= 4 is 12.0 Å². The molecule has 2 aliphatic rings. The fourth-order valence-electron chi connectivity index (χ4n) is 4.18. The van der Waals surface area contributed by atoms with Crippen molar-refractivity contribution in [1.29, 1.82) is 5.26 Å². The summed E-state index contributed by atoms with van der Waals surface area (Å²) in [5, 5.41) is 18.0. The highest BCUT2D eigenvalue weighted by Crippen LogP contribution is 2.33. The van der Waals surface area contributed by atoms with Crippen LogP contribution in [0.15, 0.2) is 48.5 Å². The Kier molecular flexibility index (Phi) is 5.71. The van der Waals surface area contributed by atoms with Gasteiger partial charge in [0, 0.05) is 30.7 Å². The topological polar surface area (TPSA) is 84.6 Å². The number of rotatable bonds is 5. The Hall–Kier alpha value is -3.33. The maximum absolute atomic E-state index is 13.3. The molecule has 1 N–H and O–H groups in total. The fourth-order valence-corrected chi connectivity index (χ4v) is 4.18. The van der Waals surface area contributed by atoms with E-state index in [2.05, 4.69) is 6.07 Å². The van der Waals surface area contributed by atoms with Gasteiger partial charge in [0.05, 0.1) is 12.5 Å². The van der Waals surface area contributed by atoms with E-state index in [1.54, 1.807) is 0 Å². The number of piperidine rings is 1. The van der Waals surface area contributed by atoms with Crippen molar-refractivity contribution in [3.63, 3.8) is 0 Å². The molecule has 1 heterocycles. The summed E-state index contributed by atoms with van der Waals surface area (Å²) in [6, 6.07) is 18.1. The van der Waals surface area contributed by atoms with Gasteiger partial charge in [0.2, 0.25) is 0 Å². The lowest BCUT2D eigenvalue weighted by molar-refractivity contribution is 0.0551. The highest BCUT2D eigenvalue weighted by molar-refractivity contribution is 5.95. The number of carbonyl (C=O) groups is 2. The van der Waals surface area contributed by atoms with Crippen LogP contribution >= 0.6 is 0 Å². The van der Waals surface area contributed by atoms with E-state index < -0.39 is 6.09 Å². The lowest BCUT2D eigenvalue weighted by Crippen LogP contribution is -2.49. The van der Waals surface area contributed by atoms with Gasteiger partial charge in [-0.3, -0.25) is 4.79 Å². The number of likely N-dealkylation sites (tertiary alicyclic amines) is 1. The van der Waals surface area contributed by atoms with Gasteiger partial charge in [-0.1, -0.05) is 36.4 Å². The van der Waals surface area contributed by atoms with Crippen molar-refractivity contribution in [3.8, 4) is 17.2 Å². The van der Waals surface area contributed by atoms with Crippen LogP contribution in [0.25, 0.3) is 11.1 Å². The standard InChI is InChI=1S/C24H25N3O3/c25-14-11-17-1-3-18(4-2-17)19-5-7-20(8-6-19)23(28)27(21-9-10-21)22-12-15-26(16-13-22)24(29)30/h1-8,21-22H,9-13,15-16H2,(H,29,30). The van der Waals surface area contributed by atoms with Crippen LogP contribution in [0.4, 0.5) is 4.79 Å². The maximum atomic E-state index is 13.3. The van der Waals surface area contributed by atoms with Crippen LogP contribution in [0.1, 0.15) is 41.6 Å². The van der Waals surface area contributed by atoms with Gasteiger partial charge in [-0.15, -0.1) is 0 Å². The van der Waals surface area contributed by atoms with E-state index in [1.165, 1.54) is 4.90 Å². The molecule has 2 aromatic rings. The largest absolute Gasteiger partial charge is 0.465 e. The second-order valence-electron chi connectivity index (χ2n) is 8.05. The minimum Gasteiger partial charge on any atom is -0.465 e. The van der Waals surface area contributed by atoms with Gasteiger partial charge in [-0.05, 0) is 54.5 Å². The van der Waals surface area contributed by atoms with Gasteiger partial charge < -0.3 is 14.9 Å². The molecular weight excluding hydrogens is 378 g/mol. The molecule has 2 aromatic carbocycles. The zero-order valence-corrected chi connectivity index (χ0v) is 16.8. The fraction of sp³-hybridized carbons (Fsp3) is 0.375. The molecule has 1 aliphatic carbocycles. The zero-order chi connectivity index (χ0) is 21.1. The Labute approximate surface area is 176 Å². The quantitative estimate of drug-likeness (QED) is 0.812. The Morgan fingerprint density at radius 2 is 1.47 bits per heavy atom. The minimum absolute atomic E-state index is 0.0437. The van der Waals surface area contributed by atoms with Crippen molar-refractivity contribution in [3.05, 3.63) is 59.7 Å². The molecule has 0 bridgehead atoms. The summed E-state index contributed by atoms with van der Waals surface area (Å²) in [6.45, 7) is 0.967. The third-order valence-corrected chi connectivity index (χ3v) is 6.01. The minimum atomic E-state index is -0.881. The van der Waals surface area contributed by atoms with Crippen LogP contribution in [0.2, 0.25) is 0 Å². The Balaban J connectivity index is 1.46.